The standard InChI is InChI=1S/C18H12F2N4OS/c19-12-6-5-10(7-13(12)20)23-15(25)8-26-18-17-16(21-9-22-18)11-3-1-2-4-14(11)24-17/h1-7,9,24H,8H2,(H,23,25). The Labute approximate surface area is 150 Å². The molecule has 0 saturated heterocycles. The number of amides is 1. The minimum atomic E-state index is -1.01. The van der Waals surface area contributed by atoms with E-state index in [-0.39, 0.29) is 17.3 Å². The summed E-state index contributed by atoms with van der Waals surface area (Å²) in [5, 5.41) is 4.16. The van der Waals surface area contributed by atoms with Crippen LogP contribution in [0.25, 0.3) is 21.9 Å². The van der Waals surface area contributed by atoms with Gasteiger partial charge in [0.15, 0.2) is 11.6 Å². The fourth-order valence-corrected chi connectivity index (χ4v) is 3.39. The first-order valence-electron chi connectivity index (χ1n) is 7.71. The number of halogens is 2. The first-order valence-corrected chi connectivity index (χ1v) is 8.69. The van der Waals surface area contributed by atoms with Crippen LogP contribution in [0.15, 0.2) is 53.8 Å². The normalized spacial score (nSPS) is 11.2. The highest BCUT2D eigenvalue weighted by Crippen LogP contribution is 2.29. The molecule has 0 atom stereocenters. The van der Waals surface area contributed by atoms with E-state index in [4.69, 9.17) is 0 Å². The third-order valence-corrected chi connectivity index (χ3v) is 4.79. The second-order valence-electron chi connectivity index (χ2n) is 5.54. The van der Waals surface area contributed by atoms with Gasteiger partial charge >= 0.3 is 0 Å². The maximum Gasteiger partial charge on any atom is 0.234 e. The summed E-state index contributed by atoms with van der Waals surface area (Å²) in [6, 6.07) is 11.0. The number of hydrogen-bond donors (Lipinski definition) is 2. The van der Waals surface area contributed by atoms with Crippen LogP contribution in [0, 0.1) is 11.6 Å². The van der Waals surface area contributed by atoms with Crippen molar-refractivity contribution in [1.82, 2.24) is 15.0 Å². The highest BCUT2D eigenvalue weighted by molar-refractivity contribution is 8.00. The van der Waals surface area contributed by atoms with Gasteiger partial charge in [-0.15, -0.1) is 0 Å². The maximum absolute atomic E-state index is 13.2. The minimum absolute atomic E-state index is 0.0699. The van der Waals surface area contributed by atoms with Gasteiger partial charge in [-0.2, -0.15) is 0 Å². The molecule has 0 fully saturated rings. The Morgan fingerprint density at radius 1 is 1.12 bits per heavy atom. The van der Waals surface area contributed by atoms with Gasteiger partial charge in [0, 0.05) is 22.7 Å². The number of thioether (sulfide) groups is 1. The van der Waals surface area contributed by atoms with Gasteiger partial charge < -0.3 is 10.3 Å². The number of aromatic nitrogens is 3. The maximum atomic E-state index is 13.2. The molecule has 2 aromatic carbocycles. The Morgan fingerprint density at radius 2 is 1.96 bits per heavy atom. The molecule has 0 aliphatic rings. The Hall–Kier alpha value is -3.00. The molecule has 8 heteroatoms. The first kappa shape index (κ1) is 16.5. The molecule has 0 bridgehead atoms. The zero-order valence-electron chi connectivity index (χ0n) is 13.3. The van der Waals surface area contributed by atoms with Gasteiger partial charge in [0.1, 0.15) is 16.9 Å². The number of para-hydroxylation sites is 1. The molecule has 1 amide bonds. The first-order chi connectivity index (χ1) is 12.6. The fraction of sp³-hybridized carbons (Fsp3) is 0.0556. The van der Waals surface area contributed by atoms with Crippen LogP contribution in [0.5, 0.6) is 0 Å². The predicted octanol–water partition coefficient (Wildman–Crippen LogP) is 4.12. The molecular weight excluding hydrogens is 358 g/mol. The van der Waals surface area contributed by atoms with E-state index in [0.29, 0.717) is 5.03 Å². The molecule has 2 aromatic heterocycles. The largest absolute Gasteiger partial charge is 0.351 e. The van der Waals surface area contributed by atoms with Crippen LogP contribution in [0.1, 0.15) is 0 Å². The lowest BCUT2D eigenvalue weighted by Gasteiger charge is -2.05. The van der Waals surface area contributed by atoms with Gasteiger partial charge in [-0.25, -0.2) is 18.7 Å². The van der Waals surface area contributed by atoms with E-state index in [9.17, 15) is 13.6 Å². The minimum Gasteiger partial charge on any atom is -0.351 e. The number of carbonyl (C=O) groups excluding carboxylic acids is 1. The van der Waals surface area contributed by atoms with Gasteiger partial charge in [0.25, 0.3) is 0 Å². The van der Waals surface area contributed by atoms with Crippen molar-refractivity contribution in [2.45, 2.75) is 5.03 Å². The van der Waals surface area contributed by atoms with Crippen molar-refractivity contribution in [2.24, 2.45) is 0 Å². The van der Waals surface area contributed by atoms with Gasteiger partial charge in [-0.05, 0) is 18.2 Å². The summed E-state index contributed by atoms with van der Waals surface area (Å²) in [6.45, 7) is 0. The number of carbonyl (C=O) groups is 1. The number of hydrogen-bond acceptors (Lipinski definition) is 4. The zero-order valence-corrected chi connectivity index (χ0v) is 14.1. The Balaban J connectivity index is 1.52. The van der Waals surface area contributed by atoms with Crippen molar-refractivity contribution in [1.29, 1.82) is 0 Å². The Kier molecular flexibility index (Phi) is 4.26. The monoisotopic (exact) mass is 370 g/mol. The Bertz CT molecular complexity index is 1130. The van der Waals surface area contributed by atoms with Crippen LogP contribution in [0.2, 0.25) is 0 Å². The number of H-pyrrole nitrogens is 1. The summed E-state index contributed by atoms with van der Waals surface area (Å²) in [5.74, 6) is -2.24. The van der Waals surface area contributed by atoms with Crippen molar-refractivity contribution in [3.63, 3.8) is 0 Å². The quantitative estimate of drug-likeness (QED) is 0.419. The molecule has 0 unspecified atom stereocenters. The van der Waals surface area contributed by atoms with Crippen molar-refractivity contribution < 1.29 is 13.6 Å². The van der Waals surface area contributed by atoms with E-state index in [0.717, 1.165) is 34.1 Å². The van der Waals surface area contributed by atoms with E-state index in [2.05, 4.69) is 20.3 Å². The summed E-state index contributed by atoms with van der Waals surface area (Å²) in [6.07, 6.45) is 1.46. The molecule has 4 aromatic rings. The number of nitrogens with one attached hydrogen (secondary N) is 2. The van der Waals surface area contributed by atoms with Crippen LogP contribution in [-0.4, -0.2) is 26.6 Å². The molecular formula is C18H12F2N4OS. The van der Waals surface area contributed by atoms with Crippen molar-refractivity contribution in [3.8, 4) is 0 Å². The summed E-state index contributed by atoms with van der Waals surface area (Å²) < 4.78 is 26.1. The second kappa shape index (κ2) is 6.72. The second-order valence-corrected chi connectivity index (χ2v) is 6.50. The summed E-state index contributed by atoms with van der Waals surface area (Å²) in [7, 11) is 0. The summed E-state index contributed by atoms with van der Waals surface area (Å²) >= 11 is 1.24. The SMILES string of the molecule is O=C(CSc1ncnc2c1[nH]c1ccccc12)Nc1ccc(F)c(F)c1. The molecule has 130 valence electrons. The number of benzene rings is 2. The predicted molar refractivity (Wildman–Crippen MR) is 97.1 cm³/mol. The third-order valence-electron chi connectivity index (χ3n) is 3.80. The zero-order chi connectivity index (χ0) is 18.1. The van der Waals surface area contributed by atoms with Crippen LogP contribution in [0.3, 0.4) is 0 Å². The van der Waals surface area contributed by atoms with Gasteiger partial charge in [-0.1, -0.05) is 30.0 Å². The smallest absolute Gasteiger partial charge is 0.234 e. The highest BCUT2D eigenvalue weighted by Gasteiger charge is 2.13. The van der Waals surface area contributed by atoms with Gasteiger partial charge in [-0.3, -0.25) is 4.79 Å². The number of aromatic amines is 1. The number of nitrogens with zero attached hydrogens (tertiary/aromatic N) is 2. The van der Waals surface area contributed by atoms with Gasteiger partial charge in [0.2, 0.25) is 5.91 Å². The summed E-state index contributed by atoms with van der Waals surface area (Å²) in [4.78, 5) is 23.9. The van der Waals surface area contributed by atoms with Crippen LogP contribution in [0.4, 0.5) is 14.5 Å². The lowest BCUT2D eigenvalue weighted by atomic mass is 10.2. The molecule has 5 nitrogen and oxygen atoms in total. The van der Waals surface area contributed by atoms with E-state index >= 15 is 0 Å². The van der Waals surface area contributed by atoms with E-state index < -0.39 is 11.6 Å². The number of fused-ring (bicyclic) bond motifs is 3. The van der Waals surface area contributed by atoms with E-state index in [1.165, 1.54) is 24.2 Å². The number of rotatable bonds is 4. The molecule has 0 saturated carbocycles. The van der Waals surface area contributed by atoms with Gasteiger partial charge in [0.05, 0.1) is 11.3 Å². The molecule has 0 aliphatic heterocycles. The lowest BCUT2D eigenvalue weighted by Crippen LogP contribution is -2.14. The lowest BCUT2D eigenvalue weighted by molar-refractivity contribution is -0.113. The molecule has 0 spiro atoms. The molecule has 0 radical (unpaired) electrons. The van der Waals surface area contributed by atoms with Crippen LogP contribution < -0.4 is 5.32 Å². The highest BCUT2D eigenvalue weighted by atomic mass is 32.2. The summed E-state index contributed by atoms with van der Waals surface area (Å²) in [5.41, 5.74) is 2.70. The number of anilines is 1. The average Bonchev–Trinajstić information content (AvgIpc) is 3.02. The van der Waals surface area contributed by atoms with E-state index in [1.807, 2.05) is 24.3 Å². The molecule has 26 heavy (non-hydrogen) atoms. The van der Waals surface area contributed by atoms with Crippen LogP contribution in [-0.2, 0) is 4.79 Å². The topological polar surface area (TPSA) is 70.7 Å². The van der Waals surface area contributed by atoms with Crippen molar-refractivity contribution in [2.75, 3.05) is 11.1 Å². The van der Waals surface area contributed by atoms with E-state index in [1.54, 1.807) is 0 Å². The fourth-order valence-electron chi connectivity index (χ4n) is 2.63. The Morgan fingerprint density at radius 3 is 2.81 bits per heavy atom. The molecule has 2 N–H and O–H groups in total. The third kappa shape index (κ3) is 3.11. The average molecular weight is 370 g/mol. The van der Waals surface area contributed by atoms with Crippen molar-refractivity contribution >= 4 is 45.3 Å². The molecule has 0 aliphatic carbocycles. The molecule has 2 heterocycles. The van der Waals surface area contributed by atoms with Crippen LogP contribution >= 0.6 is 11.8 Å². The molecule has 4 rings (SSSR count). The van der Waals surface area contributed by atoms with Crippen molar-refractivity contribution in [3.05, 3.63) is 60.4 Å².